The number of hydrogen-bond donors (Lipinski definition) is 0. The molecule has 4 aromatic heterocycles. The van der Waals surface area contributed by atoms with E-state index in [2.05, 4.69) is 204 Å². The maximum Gasteiger partial charge on any atom is 0.238 e. The van der Waals surface area contributed by atoms with Crippen LogP contribution in [0.5, 0.6) is 0 Å². The molecule has 4 heterocycles. The molecule has 6 nitrogen and oxygen atoms in total. The van der Waals surface area contributed by atoms with Crippen molar-refractivity contribution < 1.29 is 4.42 Å². The SMILES string of the molecule is c1ccc(-c2ccc3c(c2)c2ccccc2n3-c2nc(-c3ccc([Si](c4ccccc4)(c4ccccc4)c4ccccc4)cc3)nc(-c3cccc4oc5cnccc5c34)n2)cc1. The number of furan rings is 1. The third kappa shape index (κ3) is 6.01. The van der Waals surface area contributed by atoms with E-state index in [0.29, 0.717) is 23.2 Å². The molecule has 0 atom stereocenters. The van der Waals surface area contributed by atoms with Gasteiger partial charge in [0.1, 0.15) is 5.58 Å². The summed E-state index contributed by atoms with van der Waals surface area (Å²) in [4.78, 5) is 20.4. The Labute approximate surface area is 364 Å². The molecule has 0 unspecified atom stereocenters. The summed E-state index contributed by atoms with van der Waals surface area (Å²) in [6.45, 7) is 0. The van der Waals surface area contributed by atoms with Gasteiger partial charge in [-0.05, 0) is 62.2 Å². The van der Waals surface area contributed by atoms with Gasteiger partial charge in [-0.15, -0.1) is 0 Å². The Hall–Kier alpha value is -8.26. The van der Waals surface area contributed by atoms with Gasteiger partial charge in [-0.25, -0.2) is 4.98 Å². The smallest absolute Gasteiger partial charge is 0.238 e. The second-order valence-corrected chi connectivity index (χ2v) is 19.6. The molecule has 0 aliphatic rings. The van der Waals surface area contributed by atoms with Gasteiger partial charge >= 0.3 is 0 Å². The number of hydrogen-bond acceptors (Lipinski definition) is 5. The molecule has 7 heteroatoms. The normalized spacial score (nSPS) is 11.8. The molecule has 12 rings (SSSR count). The number of rotatable bonds is 8. The van der Waals surface area contributed by atoms with Crippen LogP contribution in [0.2, 0.25) is 0 Å². The summed E-state index contributed by atoms with van der Waals surface area (Å²) in [6.07, 6.45) is 3.56. The lowest BCUT2D eigenvalue weighted by Crippen LogP contribution is -2.74. The maximum absolute atomic E-state index is 6.31. The lowest BCUT2D eigenvalue weighted by molar-refractivity contribution is 0.667. The van der Waals surface area contributed by atoms with E-state index in [4.69, 9.17) is 19.4 Å². The molecule has 0 fully saturated rings. The van der Waals surface area contributed by atoms with Crippen LogP contribution in [0.4, 0.5) is 0 Å². The number of fused-ring (bicyclic) bond motifs is 6. The van der Waals surface area contributed by atoms with Gasteiger partial charge < -0.3 is 4.42 Å². The van der Waals surface area contributed by atoms with Crippen molar-refractivity contribution in [2.24, 2.45) is 0 Å². The number of aromatic nitrogens is 5. The predicted molar refractivity (Wildman–Crippen MR) is 259 cm³/mol. The topological polar surface area (TPSA) is 69.6 Å². The second-order valence-electron chi connectivity index (χ2n) is 15.8. The molecule has 0 spiro atoms. The summed E-state index contributed by atoms with van der Waals surface area (Å²) in [5, 5.41) is 9.36. The Kier molecular flexibility index (Phi) is 8.72. The van der Waals surface area contributed by atoms with E-state index in [1.165, 1.54) is 26.3 Å². The Bertz CT molecular complexity index is 3510. The molecule has 0 amide bonds. The lowest BCUT2D eigenvalue weighted by Gasteiger charge is -2.34. The molecule has 0 bridgehead atoms. The summed E-state index contributed by atoms with van der Waals surface area (Å²) in [7, 11) is -2.75. The summed E-state index contributed by atoms with van der Waals surface area (Å²) in [5.74, 6) is 1.66. The fourth-order valence-electron chi connectivity index (χ4n) is 9.51. The summed E-state index contributed by atoms with van der Waals surface area (Å²) >= 11 is 0. The highest BCUT2D eigenvalue weighted by Gasteiger charge is 2.41. The van der Waals surface area contributed by atoms with Crippen LogP contribution in [0.1, 0.15) is 0 Å². The van der Waals surface area contributed by atoms with E-state index in [0.717, 1.165) is 54.9 Å². The largest absolute Gasteiger partial charge is 0.454 e. The zero-order valence-corrected chi connectivity index (χ0v) is 35.0. The number of para-hydroxylation sites is 1. The summed E-state index contributed by atoms with van der Waals surface area (Å²) in [6, 6.07) is 75.6. The van der Waals surface area contributed by atoms with Gasteiger partial charge in [-0.2, -0.15) is 9.97 Å². The highest BCUT2D eigenvalue weighted by atomic mass is 28.3. The number of nitrogens with zero attached hydrogens (tertiary/aromatic N) is 5. The van der Waals surface area contributed by atoms with E-state index in [1.807, 2.05) is 18.2 Å². The van der Waals surface area contributed by atoms with Gasteiger partial charge in [-0.3, -0.25) is 9.55 Å². The van der Waals surface area contributed by atoms with Gasteiger partial charge in [0.05, 0.1) is 17.2 Å². The van der Waals surface area contributed by atoms with Crippen molar-refractivity contribution in [3.63, 3.8) is 0 Å². The van der Waals surface area contributed by atoms with E-state index in [1.54, 1.807) is 12.4 Å². The molecule has 12 aromatic rings. The van der Waals surface area contributed by atoms with Crippen LogP contribution in [0.3, 0.4) is 0 Å². The average Bonchev–Trinajstić information content (AvgIpc) is 3.91. The third-order valence-corrected chi connectivity index (χ3v) is 17.1. The molecule has 0 saturated heterocycles. The monoisotopic (exact) mass is 823 g/mol. The predicted octanol–water partition coefficient (Wildman–Crippen LogP) is 10.6. The summed E-state index contributed by atoms with van der Waals surface area (Å²) in [5.41, 5.74) is 7.55. The second kappa shape index (κ2) is 15.0. The Balaban J connectivity index is 1.10. The highest BCUT2D eigenvalue weighted by molar-refractivity contribution is 7.19. The maximum atomic E-state index is 6.31. The van der Waals surface area contributed by atoms with E-state index < -0.39 is 8.07 Å². The molecule has 0 N–H and O–H groups in total. The molecule has 296 valence electrons. The van der Waals surface area contributed by atoms with Crippen LogP contribution >= 0.6 is 0 Å². The first-order chi connectivity index (χ1) is 31.2. The lowest BCUT2D eigenvalue weighted by atomic mass is 10.0. The van der Waals surface area contributed by atoms with E-state index in [9.17, 15) is 0 Å². The van der Waals surface area contributed by atoms with Crippen molar-refractivity contribution in [2.45, 2.75) is 0 Å². The van der Waals surface area contributed by atoms with Gasteiger partial charge in [0, 0.05) is 38.9 Å². The van der Waals surface area contributed by atoms with Crippen molar-refractivity contribution in [3.8, 4) is 39.9 Å². The highest BCUT2D eigenvalue weighted by Crippen LogP contribution is 2.38. The van der Waals surface area contributed by atoms with Crippen LogP contribution in [-0.2, 0) is 0 Å². The molecule has 63 heavy (non-hydrogen) atoms. The fraction of sp³-hybridized carbons (Fsp3) is 0. The Morgan fingerprint density at radius 1 is 0.397 bits per heavy atom. The van der Waals surface area contributed by atoms with Crippen molar-refractivity contribution in [1.82, 2.24) is 24.5 Å². The number of benzene rings is 8. The Morgan fingerprint density at radius 3 is 1.68 bits per heavy atom. The van der Waals surface area contributed by atoms with E-state index in [-0.39, 0.29) is 0 Å². The van der Waals surface area contributed by atoms with Crippen LogP contribution in [-0.4, -0.2) is 32.6 Å². The van der Waals surface area contributed by atoms with Crippen molar-refractivity contribution in [1.29, 1.82) is 0 Å². The van der Waals surface area contributed by atoms with Gasteiger partial charge in [0.25, 0.3) is 0 Å². The molecule has 8 aromatic carbocycles. The van der Waals surface area contributed by atoms with Crippen molar-refractivity contribution in [3.05, 3.63) is 225 Å². The Morgan fingerprint density at radius 2 is 0.984 bits per heavy atom. The van der Waals surface area contributed by atoms with Crippen molar-refractivity contribution in [2.75, 3.05) is 0 Å². The minimum atomic E-state index is -2.75. The zero-order valence-electron chi connectivity index (χ0n) is 34.0. The van der Waals surface area contributed by atoms with Gasteiger partial charge in [-0.1, -0.05) is 182 Å². The third-order valence-electron chi connectivity index (χ3n) is 12.3. The van der Waals surface area contributed by atoms with Crippen LogP contribution in [0.25, 0.3) is 83.6 Å². The molecule has 0 aliphatic heterocycles. The first kappa shape index (κ1) is 36.6. The number of pyridine rings is 1. The first-order valence-corrected chi connectivity index (χ1v) is 23.1. The van der Waals surface area contributed by atoms with Crippen LogP contribution < -0.4 is 20.7 Å². The minimum absolute atomic E-state index is 0.533. The van der Waals surface area contributed by atoms with Crippen LogP contribution in [0.15, 0.2) is 229 Å². The quantitative estimate of drug-likeness (QED) is 0.113. The first-order valence-electron chi connectivity index (χ1n) is 21.1. The van der Waals surface area contributed by atoms with Gasteiger partial charge in [0.15, 0.2) is 25.3 Å². The molecular weight excluding hydrogens is 787 g/mol. The average molecular weight is 824 g/mol. The zero-order chi connectivity index (χ0) is 41.7. The minimum Gasteiger partial charge on any atom is -0.454 e. The fourth-order valence-corrected chi connectivity index (χ4v) is 14.3. The van der Waals surface area contributed by atoms with Crippen molar-refractivity contribution >= 4 is 72.6 Å². The van der Waals surface area contributed by atoms with E-state index >= 15 is 0 Å². The molecule has 0 radical (unpaired) electrons. The molecule has 0 saturated carbocycles. The van der Waals surface area contributed by atoms with Gasteiger partial charge in [0.2, 0.25) is 5.95 Å². The molecular formula is C56H37N5OSi. The summed E-state index contributed by atoms with van der Waals surface area (Å²) < 4.78 is 8.49. The van der Waals surface area contributed by atoms with Crippen LogP contribution in [0, 0.1) is 0 Å². The standard InChI is InChI=1S/C56H37N5OSi/c1-5-16-38(17-6-1)40-30-33-50-48(36-40)45-24-13-14-26-49(45)61(50)56-59-54(58-55(60-56)47-25-15-27-51-53(47)46-34-35-57-37-52(46)62-51)39-28-31-44(32-29-39)63(41-18-7-2-8-19-41,42-20-9-3-10-21-42)43-22-11-4-12-23-43/h1-37H. The molecule has 0 aliphatic carbocycles.